The third-order valence-electron chi connectivity index (χ3n) is 3.46. The van der Waals surface area contributed by atoms with E-state index in [1.54, 1.807) is 0 Å². The first-order valence-corrected chi connectivity index (χ1v) is 7.49. The number of nitrogens with two attached hydrogens (primary N) is 1. The number of hydrogen-bond acceptors (Lipinski definition) is 4. The van der Waals surface area contributed by atoms with E-state index in [2.05, 4.69) is 15.9 Å². The molecule has 2 amide bonds. The molecule has 0 unspecified atom stereocenters. The number of amides is 2. The maximum atomic E-state index is 12.5. The van der Waals surface area contributed by atoms with Crippen molar-refractivity contribution in [2.24, 2.45) is 0 Å². The van der Waals surface area contributed by atoms with Gasteiger partial charge in [0, 0.05) is 4.47 Å². The van der Waals surface area contributed by atoms with Crippen LogP contribution in [0, 0.1) is 0 Å². The molecule has 0 fully saturated rings. The molecule has 0 bridgehead atoms. The van der Waals surface area contributed by atoms with E-state index in [9.17, 15) is 14.4 Å². The van der Waals surface area contributed by atoms with Gasteiger partial charge < -0.3 is 10.8 Å². The van der Waals surface area contributed by atoms with Crippen molar-refractivity contribution >= 4 is 56.7 Å². The number of carboxylic acids is 1. The first kappa shape index (κ1) is 15.5. The SMILES string of the molecule is Nc1c(Cl)cc(N2C(=O)c3ccc(C(=O)O)cc3C2=O)cc1Br. The maximum Gasteiger partial charge on any atom is 0.335 e. The van der Waals surface area contributed by atoms with E-state index in [1.807, 2.05) is 0 Å². The van der Waals surface area contributed by atoms with Crippen LogP contribution in [0.15, 0.2) is 34.8 Å². The summed E-state index contributed by atoms with van der Waals surface area (Å²) in [5.41, 5.74) is 6.38. The number of benzene rings is 2. The minimum atomic E-state index is -1.18. The molecule has 1 aliphatic heterocycles. The smallest absolute Gasteiger partial charge is 0.335 e. The molecule has 0 saturated heterocycles. The molecule has 0 aliphatic carbocycles. The van der Waals surface area contributed by atoms with Crippen molar-refractivity contribution in [2.75, 3.05) is 10.6 Å². The van der Waals surface area contributed by atoms with Gasteiger partial charge in [0.25, 0.3) is 11.8 Å². The average Bonchev–Trinajstić information content (AvgIpc) is 2.75. The topological polar surface area (TPSA) is 101 Å². The van der Waals surface area contributed by atoms with Gasteiger partial charge in [0.15, 0.2) is 0 Å². The van der Waals surface area contributed by atoms with Gasteiger partial charge in [-0.15, -0.1) is 0 Å². The van der Waals surface area contributed by atoms with Crippen LogP contribution in [0.4, 0.5) is 11.4 Å². The Morgan fingerprint density at radius 2 is 1.78 bits per heavy atom. The molecule has 2 aromatic rings. The summed E-state index contributed by atoms with van der Waals surface area (Å²) in [4.78, 5) is 36.9. The van der Waals surface area contributed by atoms with Crippen molar-refractivity contribution in [1.82, 2.24) is 0 Å². The summed E-state index contributed by atoms with van der Waals surface area (Å²) in [5.74, 6) is -2.33. The molecule has 116 valence electrons. The van der Waals surface area contributed by atoms with Crippen molar-refractivity contribution in [3.8, 4) is 0 Å². The Morgan fingerprint density at radius 1 is 1.13 bits per heavy atom. The number of carbonyl (C=O) groups excluding carboxylic acids is 2. The van der Waals surface area contributed by atoms with Gasteiger partial charge in [-0.2, -0.15) is 0 Å². The number of carboxylic acid groups (broad SMARTS) is 1. The number of anilines is 2. The number of rotatable bonds is 2. The number of nitrogens with zero attached hydrogens (tertiary/aromatic N) is 1. The zero-order chi connectivity index (χ0) is 16.9. The van der Waals surface area contributed by atoms with E-state index in [4.69, 9.17) is 22.4 Å². The average molecular weight is 396 g/mol. The van der Waals surface area contributed by atoms with Crippen molar-refractivity contribution in [1.29, 1.82) is 0 Å². The summed E-state index contributed by atoms with van der Waals surface area (Å²) >= 11 is 9.20. The number of fused-ring (bicyclic) bond motifs is 1. The molecule has 3 rings (SSSR count). The van der Waals surface area contributed by atoms with Crippen LogP contribution in [0.25, 0.3) is 0 Å². The van der Waals surface area contributed by atoms with E-state index in [-0.39, 0.29) is 27.4 Å². The summed E-state index contributed by atoms with van der Waals surface area (Å²) in [7, 11) is 0. The van der Waals surface area contributed by atoms with Gasteiger partial charge in [0.1, 0.15) is 0 Å². The van der Waals surface area contributed by atoms with Gasteiger partial charge in [-0.1, -0.05) is 11.6 Å². The molecule has 0 spiro atoms. The van der Waals surface area contributed by atoms with E-state index in [0.29, 0.717) is 10.2 Å². The molecule has 0 aromatic heterocycles. The molecule has 6 nitrogen and oxygen atoms in total. The fourth-order valence-corrected chi connectivity index (χ4v) is 3.08. The molecule has 23 heavy (non-hydrogen) atoms. The minimum absolute atomic E-state index is 0.0407. The predicted molar refractivity (Wildman–Crippen MR) is 88.1 cm³/mol. The van der Waals surface area contributed by atoms with Crippen LogP contribution in [0.5, 0.6) is 0 Å². The van der Waals surface area contributed by atoms with E-state index in [1.165, 1.54) is 30.3 Å². The van der Waals surface area contributed by atoms with Crippen LogP contribution in [-0.2, 0) is 0 Å². The van der Waals surface area contributed by atoms with Gasteiger partial charge >= 0.3 is 5.97 Å². The molecule has 0 radical (unpaired) electrons. The summed E-state index contributed by atoms with van der Waals surface area (Å²) in [5, 5.41) is 9.20. The lowest BCUT2D eigenvalue weighted by atomic mass is 10.1. The second-order valence-electron chi connectivity index (χ2n) is 4.83. The third kappa shape index (κ3) is 2.38. The van der Waals surface area contributed by atoms with E-state index < -0.39 is 17.8 Å². The van der Waals surface area contributed by atoms with Crippen LogP contribution in [-0.4, -0.2) is 22.9 Å². The highest BCUT2D eigenvalue weighted by molar-refractivity contribution is 9.10. The molecule has 1 heterocycles. The second kappa shape index (κ2) is 5.36. The maximum absolute atomic E-state index is 12.5. The lowest BCUT2D eigenvalue weighted by molar-refractivity contribution is 0.0696. The standard InChI is InChI=1S/C15H8BrClN2O4/c16-10-4-7(5-11(17)12(10)18)19-13(20)8-2-1-6(15(22)23)3-9(8)14(19)21/h1-5H,18H2,(H,22,23). The zero-order valence-corrected chi connectivity index (χ0v) is 13.7. The predicted octanol–water partition coefficient (Wildman–Crippen LogP) is 3.18. The van der Waals surface area contributed by atoms with Gasteiger partial charge in [0.05, 0.1) is 33.1 Å². The Labute approximate surface area is 143 Å². The highest BCUT2D eigenvalue weighted by Crippen LogP contribution is 2.36. The number of hydrogen-bond donors (Lipinski definition) is 2. The zero-order valence-electron chi connectivity index (χ0n) is 11.3. The van der Waals surface area contributed by atoms with Crippen molar-refractivity contribution in [2.45, 2.75) is 0 Å². The molecular formula is C15H8BrClN2O4. The second-order valence-corrected chi connectivity index (χ2v) is 6.10. The highest BCUT2D eigenvalue weighted by atomic mass is 79.9. The van der Waals surface area contributed by atoms with Crippen molar-refractivity contribution < 1.29 is 19.5 Å². The Bertz CT molecular complexity index is 874. The monoisotopic (exact) mass is 394 g/mol. The molecule has 1 aliphatic rings. The van der Waals surface area contributed by atoms with Crippen LogP contribution >= 0.6 is 27.5 Å². The van der Waals surface area contributed by atoms with E-state index in [0.717, 1.165) is 4.90 Å². The Balaban J connectivity index is 2.12. The summed E-state index contributed by atoms with van der Waals surface area (Å²) in [6.07, 6.45) is 0. The molecule has 0 saturated carbocycles. The van der Waals surface area contributed by atoms with Gasteiger partial charge in [-0.3, -0.25) is 9.59 Å². The number of imide groups is 1. The number of carbonyl (C=O) groups is 3. The largest absolute Gasteiger partial charge is 0.478 e. The first-order valence-electron chi connectivity index (χ1n) is 6.32. The third-order valence-corrected chi connectivity index (χ3v) is 4.42. The van der Waals surface area contributed by atoms with Crippen molar-refractivity contribution in [3.63, 3.8) is 0 Å². The fourth-order valence-electron chi connectivity index (χ4n) is 2.31. The van der Waals surface area contributed by atoms with Crippen LogP contribution < -0.4 is 10.6 Å². The number of nitrogen functional groups attached to an aromatic ring is 1. The lowest BCUT2D eigenvalue weighted by Gasteiger charge is -2.15. The van der Waals surface area contributed by atoms with Crippen molar-refractivity contribution in [3.05, 3.63) is 56.5 Å². The normalized spacial score (nSPS) is 13.4. The summed E-state index contributed by atoms with van der Waals surface area (Å²) < 4.78 is 0.447. The Kier molecular flexibility index (Phi) is 3.62. The quantitative estimate of drug-likeness (QED) is 0.601. The number of halogens is 2. The van der Waals surface area contributed by atoms with Crippen LogP contribution in [0.2, 0.25) is 5.02 Å². The molecule has 3 N–H and O–H groups in total. The Morgan fingerprint density at radius 3 is 2.39 bits per heavy atom. The van der Waals surface area contributed by atoms with Crippen LogP contribution in [0.1, 0.15) is 31.1 Å². The first-order chi connectivity index (χ1) is 10.8. The molecular weight excluding hydrogens is 388 g/mol. The highest BCUT2D eigenvalue weighted by Gasteiger charge is 2.37. The Hall–Kier alpha value is -2.38. The lowest BCUT2D eigenvalue weighted by Crippen LogP contribution is -2.29. The summed E-state index contributed by atoms with van der Waals surface area (Å²) in [6.45, 7) is 0. The minimum Gasteiger partial charge on any atom is -0.478 e. The van der Waals surface area contributed by atoms with Crippen LogP contribution in [0.3, 0.4) is 0 Å². The molecule has 8 heteroatoms. The number of aromatic carboxylic acids is 1. The van der Waals surface area contributed by atoms with E-state index >= 15 is 0 Å². The molecule has 0 atom stereocenters. The fraction of sp³-hybridized carbons (Fsp3) is 0. The molecule has 2 aromatic carbocycles. The van der Waals surface area contributed by atoms with Gasteiger partial charge in [-0.05, 0) is 46.3 Å². The van der Waals surface area contributed by atoms with Gasteiger partial charge in [-0.25, -0.2) is 9.69 Å². The summed E-state index contributed by atoms with van der Waals surface area (Å²) in [6, 6.07) is 6.70. The van der Waals surface area contributed by atoms with Gasteiger partial charge in [0.2, 0.25) is 0 Å².